The molecule has 1 heterocycles. The van der Waals surface area contributed by atoms with Crippen LogP contribution >= 0.6 is 11.3 Å². The van der Waals surface area contributed by atoms with E-state index >= 15 is 0 Å². The molecule has 1 aromatic carbocycles. The Balaban J connectivity index is 2.46. The summed E-state index contributed by atoms with van der Waals surface area (Å²) in [5.74, 6) is 0. The fourth-order valence-corrected chi connectivity index (χ4v) is 2.16. The number of anilines is 1. The van der Waals surface area contributed by atoms with E-state index in [1.165, 1.54) is 10.4 Å². The number of hydrogen-bond donors (Lipinski definition) is 1. The van der Waals surface area contributed by atoms with Crippen molar-refractivity contribution in [3.63, 3.8) is 0 Å². The quantitative estimate of drug-likeness (QED) is 0.812. The zero-order chi connectivity index (χ0) is 9.97. The maximum absolute atomic E-state index is 4.51. The number of aryl methyl sites for hydroxylation is 1. The van der Waals surface area contributed by atoms with Crippen LogP contribution in [-0.4, -0.2) is 12.0 Å². The highest BCUT2D eigenvalue weighted by atomic mass is 32.1. The van der Waals surface area contributed by atoms with E-state index in [1.54, 1.807) is 11.3 Å². The normalized spacial score (nSPS) is 10.1. The molecule has 0 atom stereocenters. The number of nitrogens with one attached hydrogen (secondary N) is 1. The number of hydrogen-bond acceptors (Lipinski definition) is 3. The van der Waals surface area contributed by atoms with Gasteiger partial charge in [0, 0.05) is 17.5 Å². The van der Waals surface area contributed by atoms with Crippen LogP contribution in [0.1, 0.15) is 4.88 Å². The summed E-state index contributed by atoms with van der Waals surface area (Å²) in [7, 11) is 1.90. The van der Waals surface area contributed by atoms with Gasteiger partial charge in [-0.15, -0.1) is 11.3 Å². The predicted molar refractivity (Wildman–Crippen MR) is 61.8 cm³/mol. The van der Waals surface area contributed by atoms with Crippen LogP contribution in [0.5, 0.6) is 0 Å². The lowest BCUT2D eigenvalue weighted by atomic mass is 10.1. The van der Waals surface area contributed by atoms with E-state index in [9.17, 15) is 0 Å². The van der Waals surface area contributed by atoms with Gasteiger partial charge >= 0.3 is 0 Å². The molecule has 2 aromatic rings. The molecule has 0 unspecified atom stereocenters. The first-order chi connectivity index (χ1) is 6.81. The third-order valence-electron chi connectivity index (χ3n) is 2.06. The molecule has 1 aromatic heterocycles. The summed E-state index contributed by atoms with van der Waals surface area (Å²) in [6.45, 7) is 2.10. The monoisotopic (exact) mass is 204 g/mol. The maximum Gasteiger partial charge on any atom is 0.183 e. The summed E-state index contributed by atoms with van der Waals surface area (Å²) >= 11 is 1.69. The maximum atomic E-state index is 4.51. The van der Waals surface area contributed by atoms with E-state index in [4.69, 9.17) is 0 Å². The van der Waals surface area contributed by atoms with E-state index in [-0.39, 0.29) is 0 Å². The van der Waals surface area contributed by atoms with Crippen molar-refractivity contribution in [2.75, 3.05) is 12.4 Å². The van der Waals surface area contributed by atoms with Gasteiger partial charge in [0.2, 0.25) is 0 Å². The Morgan fingerprint density at radius 2 is 1.93 bits per heavy atom. The van der Waals surface area contributed by atoms with Gasteiger partial charge in [0.1, 0.15) is 0 Å². The van der Waals surface area contributed by atoms with Crippen LogP contribution in [0.4, 0.5) is 5.13 Å². The van der Waals surface area contributed by atoms with Crippen molar-refractivity contribution in [1.29, 1.82) is 0 Å². The van der Waals surface area contributed by atoms with Gasteiger partial charge in [-0.25, -0.2) is 4.98 Å². The molecule has 0 radical (unpaired) electrons. The molecule has 0 aliphatic heterocycles. The smallest absolute Gasteiger partial charge is 0.183 e. The summed E-state index contributed by atoms with van der Waals surface area (Å²) in [5, 5.41) is 4.04. The molecule has 0 amide bonds. The molecular weight excluding hydrogens is 192 g/mol. The highest BCUT2D eigenvalue weighted by Crippen LogP contribution is 2.29. The van der Waals surface area contributed by atoms with E-state index in [2.05, 4.69) is 29.4 Å². The number of benzene rings is 1. The fraction of sp³-hybridized carbons (Fsp3) is 0.182. The molecule has 3 heteroatoms. The molecule has 0 spiro atoms. The Labute approximate surface area is 87.6 Å². The SMILES string of the molecule is CNc1nc(-c2ccccc2)c(C)s1. The summed E-state index contributed by atoms with van der Waals surface area (Å²) < 4.78 is 0. The predicted octanol–water partition coefficient (Wildman–Crippen LogP) is 3.16. The first-order valence-corrected chi connectivity index (χ1v) is 5.33. The van der Waals surface area contributed by atoms with E-state index in [1.807, 2.05) is 25.2 Å². The minimum absolute atomic E-state index is 0.973. The topological polar surface area (TPSA) is 24.9 Å². The van der Waals surface area contributed by atoms with Crippen molar-refractivity contribution < 1.29 is 0 Å². The second kappa shape index (κ2) is 3.80. The first-order valence-electron chi connectivity index (χ1n) is 4.52. The molecule has 0 saturated heterocycles. The third-order valence-corrected chi connectivity index (χ3v) is 3.05. The van der Waals surface area contributed by atoms with Crippen LogP contribution in [-0.2, 0) is 0 Å². The average Bonchev–Trinajstić information content (AvgIpc) is 2.61. The van der Waals surface area contributed by atoms with E-state index in [0.29, 0.717) is 0 Å². The zero-order valence-electron chi connectivity index (χ0n) is 8.24. The highest BCUT2D eigenvalue weighted by Gasteiger charge is 2.07. The van der Waals surface area contributed by atoms with E-state index in [0.717, 1.165) is 10.8 Å². The average molecular weight is 204 g/mol. The highest BCUT2D eigenvalue weighted by molar-refractivity contribution is 7.15. The lowest BCUT2D eigenvalue weighted by Crippen LogP contribution is -1.86. The van der Waals surface area contributed by atoms with E-state index < -0.39 is 0 Å². The molecule has 2 nitrogen and oxygen atoms in total. The second-order valence-electron chi connectivity index (χ2n) is 3.04. The number of nitrogens with zero attached hydrogens (tertiary/aromatic N) is 1. The third kappa shape index (κ3) is 1.63. The van der Waals surface area contributed by atoms with Crippen LogP contribution in [0.3, 0.4) is 0 Å². The minimum atomic E-state index is 0.973. The van der Waals surface area contributed by atoms with Crippen LogP contribution in [0, 0.1) is 6.92 Å². The van der Waals surface area contributed by atoms with Gasteiger partial charge in [-0.1, -0.05) is 30.3 Å². The number of aromatic nitrogens is 1. The van der Waals surface area contributed by atoms with Crippen LogP contribution < -0.4 is 5.32 Å². The number of thiazole rings is 1. The largest absolute Gasteiger partial charge is 0.365 e. The van der Waals surface area contributed by atoms with Crippen LogP contribution in [0.25, 0.3) is 11.3 Å². The summed E-state index contributed by atoms with van der Waals surface area (Å²) in [5.41, 5.74) is 2.27. The fourth-order valence-electron chi connectivity index (χ4n) is 1.37. The van der Waals surface area contributed by atoms with Gasteiger partial charge in [0.05, 0.1) is 5.69 Å². The minimum Gasteiger partial charge on any atom is -0.365 e. The van der Waals surface area contributed by atoms with Crippen LogP contribution in [0.15, 0.2) is 30.3 Å². The van der Waals surface area contributed by atoms with Crippen molar-refractivity contribution in [1.82, 2.24) is 4.98 Å². The second-order valence-corrected chi connectivity index (χ2v) is 4.24. The Morgan fingerprint density at radius 3 is 2.50 bits per heavy atom. The molecule has 72 valence electrons. The summed E-state index contributed by atoms with van der Waals surface area (Å²) in [6, 6.07) is 10.3. The zero-order valence-corrected chi connectivity index (χ0v) is 9.06. The number of rotatable bonds is 2. The van der Waals surface area contributed by atoms with Crippen molar-refractivity contribution >= 4 is 16.5 Å². The Kier molecular flexibility index (Phi) is 2.50. The molecular formula is C11H12N2S. The lowest BCUT2D eigenvalue weighted by molar-refractivity contribution is 1.34. The van der Waals surface area contributed by atoms with Crippen molar-refractivity contribution in [3.8, 4) is 11.3 Å². The molecule has 14 heavy (non-hydrogen) atoms. The Hall–Kier alpha value is -1.35. The standard InChI is InChI=1S/C11H12N2S/c1-8-10(13-11(12-2)14-8)9-6-4-3-5-7-9/h3-7H,1-2H3,(H,12,13). The molecule has 2 rings (SSSR count). The van der Waals surface area contributed by atoms with Gasteiger partial charge in [0.15, 0.2) is 5.13 Å². The Morgan fingerprint density at radius 1 is 1.21 bits per heavy atom. The van der Waals surface area contributed by atoms with Crippen molar-refractivity contribution in [3.05, 3.63) is 35.2 Å². The molecule has 0 aliphatic carbocycles. The van der Waals surface area contributed by atoms with Gasteiger partial charge in [-0.05, 0) is 6.92 Å². The first kappa shape index (κ1) is 9.21. The summed E-state index contributed by atoms with van der Waals surface area (Å²) in [4.78, 5) is 5.76. The molecule has 1 N–H and O–H groups in total. The molecule has 0 aliphatic rings. The van der Waals surface area contributed by atoms with Gasteiger partial charge in [0.25, 0.3) is 0 Å². The summed E-state index contributed by atoms with van der Waals surface area (Å²) in [6.07, 6.45) is 0. The Bertz CT molecular complexity index is 420. The van der Waals surface area contributed by atoms with Crippen LogP contribution in [0.2, 0.25) is 0 Å². The van der Waals surface area contributed by atoms with Gasteiger partial charge in [-0.3, -0.25) is 0 Å². The van der Waals surface area contributed by atoms with Gasteiger partial charge < -0.3 is 5.32 Å². The van der Waals surface area contributed by atoms with Gasteiger partial charge in [-0.2, -0.15) is 0 Å². The molecule has 0 fully saturated rings. The molecule has 0 bridgehead atoms. The lowest BCUT2D eigenvalue weighted by Gasteiger charge is -1.96. The molecule has 0 saturated carbocycles. The van der Waals surface area contributed by atoms with Crippen molar-refractivity contribution in [2.45, 2.75) is 6.92 Å². The van der Waals surface area contributed by atoms with Crippen molar-refractivity contribution in [2.24, 2.45) is 0 Å².